The average Bonchev–Trinajstić information content (AvgIpc) is 3.61. The van der Waals surface area contributed by atoms with Crippen molar-refractivity contribution in [3.63, 3.8) is 0 Å². The number of tetrazole rings is 1. The molecule has 3 aromatic carbocycles. The van der Waals surface area contributed by atoms with Crippen LogP contribution in [0.1, 0.15) is 23.6 Å². The molecular weight excluding hydrogens is 534 g/mol. The molecule has 41 heavy (non-hydrogen) atoms. The highest BCUT2D eigenvalue weighted by molar-refractivity contribution is 5.76. The molecule has 0 saturated heterocycles. The minimum absolute atomic E-state index is 0.00180. The summed E-state index contributed by atoms with van der Waals surface area (Å²) in [5.74, 6) is -0.510. The summed E-state index contributed by atoms with van der Waals surface area (Å²) >= 11 is 0. The van der Waals surface area contributed by atoms with Crippen molar-refractivity contribution >= 4 is 5.91 Å². The van der Waals surface area contributed by atoms with Crippen molar-refractivity contribution in [3.8, 4) is 22.9 Å². The molecule has 0 spiro atoms. The number of carbonyl (C=O) groups excluding carboxylic acids is 1. The van der Waals surface area contributed by atoms with Gasteiger partial charge in [0.2, 0.25) is 18.5 Å². The first-order valence-corrected chi connectivity index (χ1v) is 13.2. The van der Waals surface area contributed by atoms with Gasteiger partial charge < -0.3 is 25.2 Å². The fraction of sp³-hybridized carbons (Fsp3) is 0.310. The van der Waals surface area contributed by atoms with E-state index in [2.05, 4.69) is 39.0 Å². The van der Waals surface area contributed by atoms with Gasteiger partial charge >= 0.3 is 0 Å². The van der Waals surface area contributed by atoms with E-state index in [9.17, 15) is 18.7 Å². The van der Waals surface area contributed by atoms with Gasteiger partial charge in [0.15, 0.2) is 11.5 Å². The summed E-state index contributed by atoms with van der Waals surface area (Å²) in [7, 11) is 0. The highest BCUT2D eigenvalue weighted by atomic mass is 19.1. The molecular formula is C29H30F2N6O4. The molecule has 2 heterocycles. The monoisotopic (exact) mass is 564 g/mol. The van der Waals surface area contributed by atoms with Crippen molar-refractivity contribution in [1.82, 2.24) is 30.8 Å². The molecule has 1 amide bonds. The summed E-state index contributed by atoms with van der Waals surface area (Å²) in [4.78, 5) is 14.1. The van der Waals surface area contributed by atoms with Crippen molar-refractivity contribution in [3.05, 3.63) is 89.0 Å². The molecule has 1 aliphatic heterocycles. The zero-order chi connectivity index (χ0) is 28.8. The van der Waals surface area contributed by atoms with Gasteiger partial charge in [-0.1, -0.05) is 31.2 Å². The summed E-state index contributed by atoms with van der Waals surface area (Å²) in [5, 5.41) is 29.2. The maximum Gasteiger partial charge on any atom is 0.243 e. The van der Waals surface area contributed by atoms with E-state index in [1.54, 1.807) is 18.2 Å². The third-order valence-electron chi connectivity index (χ3n) is 6.64. The predicted octanol–water partition coefficient (Wildman–Crippen LogP) is 2.79. The van der Waals surface area contributed by atoms with Gasteiger partial charge in [0.1, 0.15) is 18.2 Å². The normalized spacial score (nSPS) is 13.7. The van der Waals surface area contributed by atoms with Gasteiger partial charge in [-0.05, 0) is 65.1 Å². The molecule has 0 bridgehead atoms. The van der Waals surface area contributed by atoms with Crippen LogP contribution in [-0.2, 0) is 30.7 Å². The van der Waals surface area contributed by atoms with Gasteiger partial charge in [0.05, 0.1) is 12.1 Å². The number of aryl methyl sites for hydroxylation is 1. The average molecular weight is 565 g/mol. The SMILES string of the molecule is CCc1cccc(CNC[C@H](O)[C@H](Cc2cc(F)cc(F)c2)NC(=O)Cn2nnc(-c3ccc4c(c3)OCO4)n2)c1. The quantitative estimate of drug-likeness (QED) is 0.240. The Hall–Kier alpha value is -4.42. The van der Waals surface area contributed by atoms with E-state index < -0.39 is 29.7 Å². The van der Waals surface area contributed by atoms with Crippen molar-refractivity contribution in [1.29, 1.82) is 0 Å². The van der Waals surface area contributed by atoms with Crippen molar-refractivity contribution in [2.24, 2.45) is 0 Å². The van der Waals surface area contributed by atoms with E-state index in [4.69, 9.17) is 9.47 Å². The second-order valence-corrected chi connectivity index (χ2v) is 9.74. The first-order chi connectivity index (χ1) is 19.9. The molecule has 12 heteroatoms. The van der Waals surface area contributed by atoms with E-state index in [1.165, 1.54) is 17.7 Å². The number of hydrogen-bond acceptors (Lipinski definition) is 8. The molecule has 1 aromatic heterocycles. The maximum atomic E-state index is 13.9. The fourth-order valence-corrected chi connectivity index (χ4v) is 4.57. The van der Waals surface area contributed by atoms with E-state index >= 15 is 0 Å². The number of nitrogens with zero attached hydrogens (tertiary/aromatic N) is 4. The van der Waals surface area contributed by atoms with Crippen LogP contribution in [0.4, 0.5) is 8.78 Å². The number of carbonyl (C=O) groups is 1. The van der Waals surface area contributed by atoms with Gasteiger partial charge in [0, 0.05) is 24.7 Å². The predicted molar refractivity (Wildman–Crippen MR) is 145 cm³/mol. The Morgan fingerprint density at radius 3 is 2.61 bits per heavy atom. The van der Waals surface area contributed by atoms with Crippen LogP contribution in [0, 0.1) is 11.6 Å². The van der Waals surface area contributed by atoms with Gasteiger partial charge in [0.25, 0.3) is 0 Å². The number of nitrogens with one attached hydrogen (secondary N) is 2. The number of aromatic nitrogens is 4. The Morgan fingerprint density at radius 1 is 1.02 bits per heavy atom. The summed E-state index contributed by atoms with van der Waals surface area (Å²) in [6, 6.07) is 15.6. The highest BCUT2D eigenvalue weighted by Gasteiger charge is 2.23. The number of benzene rings is 3. The number of rotatable bonds is 12. The number of hydrogen-bond donors (Lipinski definition) is 3. The van der Waals surface area contributed by atoms with Gasteiger partial charge in [-0.15, -0.1) is 10.2 Å². The van der Waals surface area contributed by atoms with Crippen LogP contribution < -0.4 is 20.1 Å². The molecule has 4 aromatic rings. The number of ether oxygens (including phenoxy) is 2. The zero-order valence-electron chi connectivity index (χ0n) is 22.4. The maximum absolute atomic E-state index is 13.9. The second kappa shape index (κ2) is 12.8. The van der Waals surface area contributed by atoms with E-state index in [0.717, 1.165) is 22.8 Å². The van der Waals surface area contributed by atoms with E-state index in [0.29, 0.717) is 35.0 Å². The summed E-state index contributed by atoms with van der Waals surface area (Å²) in [5.41, 5.74) is 3.19. The highest BCUT2D eigenvalue weighted by Crippen LogP contribution is 2.34. The third-order valence-corrected chi connectivity index (χ3v) is 6.64. The van der Waals surface area contributed by atoms with Crippen LogP contribution in [-0.4, -0.2) is 56.7 Å². The number of amides is 1. The first kappa shape index (κ1) is 28.1. The number of halogens is 2. The van der Waals surface area contributed by atoms with E-state index in [1.807, 2.05) is 18.2 Å². The minimum atomic E-state index is -1.06. The third kappa shape index (κ3) is 7.41. The van der Waals surface area contributed by atoms with Gasteiger partial charge in [-0.25, -0.2) is 8.78 Å². The number of aliphatic hydroxyl groups excluding tert-OH is 1. The van der Waals surface area contributed by atoms with Crippen LogP contribution in [0.15, 0.2) is 60.7 Å². The fourth-order valence-electron chi connectivity index (χ4n) is 4.57. The zero-order valence-corrected chi connectivity index (χ0v) is 22.4. The minimum Gasteiger partial charge on any atom is -0.454 e. The molecule has 0 saturated carbocycles. The lowest BCUT2D eigenvalue weighted by molar-refractivity contribution is -0.123. The summed E-state index contributed by atoms with van der Waals surface area (Å²) in [6.07, 6.45) is -0.150. The second-order valence-electron chi connectivity index (χ2n) is 9.74. The van der Waals surface area contributed by atoms with Gasteiger partial charge in [-0.2, -0.15) is 4.80 Å². The van der Waals surface area contributed by atoms with Crippen molar-refractivity contribution in [2.75, 3.05) is 13.3 Å². The summed E-state index contributed by atoms with van der Waals surface area (Å²) < 4.78 is 38.4. The Morgan fingerprint density at radius 2 is 1.80 bits per heavy atom. The lowest BCUT2D eigenvalue weighted by Crippen LogP contribution is -2.49. The lowest BCUT2D eigenvalue weighted by Gasteiger charge is -2.25. The smallest absolute Gasteiger partial charge is 0.243 e. The molecule has 3 N–H and O–H groups in total. The van der Waals surface area contributed by atoms with Crippen molar-refractivity contribution < 1.29 is 28.2 Å². The molecule has 0 aliphatic carbocycles. The van der Waals surface area contributed by atoms with Crippen LogP contribution in [0.2, 0.25) is 0 Å². The summed E-state index contributed by atoms with van der Waals surface area (Å²) in [6.45, 7) is 2.57. The Labute approximate surface area is 235 Å². The largest absolute Gasteiger partial charge is 0.454 e. The Bertz CT molecular complexity index is 1490. The van der Waals surface area contributed by atoms with Crippen LogP contribution in [0.3, 0.4) is 0 Å². The number of aliphatic hydroxyl groups is 1. The van der Waals surface area contributed by atoms with E-state index in [-0.39, 0.29) is 26.3 Å². The van der Waals surface area contributed by atoms with Crippen LogP contribution >= 0.6 is 0 Å². The molecule has 1 aliphatic rings. The molecule has 214 valence electrons. The molecule has 0 unspecified atom stereocenters. The van der Waals surface area contributed by atoms with Crippen molar-refractivity contribution in [2.45, 2.75) is 45.0 Å². The van der Waals surface area contributed by atoms with Crippen LogP contribution in [0.25, 0.3) is 11.4 Å². The molecule has 2 atom stereocenters. The molecule has 5 rings (SSSR count). The molecule has 0 fully saturated rings. The van der Waals surface area contributed by atoms with Gasteiger partial charge in [-0.3, -0.25) is 4.79 Å². The Kier molecular flexibility index (Phi) is 8.80. The standard InChI is InChI=1S/C29H30F2N6O4/c1-2-18-4-3-5-19(8-18)14-32-15-25(38)24(11-20-9-22(30)13-23(31)10-20)33-28(39)16-37-35-29(34-36-37)21-6-7-26-27(12-21)41-17-40-26/h3-10,12-13,24-25,32,38H,2,11,14-17H2,1H3,(H,33,39)/t24-,25-/m0/s1. The van der Waals surface area contributed by atoms with Crippen LogP contribution in [0.5, 0.6) is 11.5 Å². The first-order valence-electron chi connectivity index (χ1n) is 13.2. The Balaban J connectivity index is 1.24. The number of fused-ring (bicyclic) bond motifs is 1. The topological polar surface area (TPSA) is 123 Å². The molecule has 0 radical (unpaired) electrons. The molecule has 10 nitrogen and oxygen atoms in total. The lowest BCUT2D eigenvalue weighted by atomic mass is 10.0.